The van der Waals surface area contributed by atoms with Crippen LogP contribution in [0.15, 0.2) is 60.7 Å². The number of rotatable bonds is 11. The van der Waals surface area contributed by atoms with Gasteiger partial charge in [0.2, 0.25) is 0 Å². The third-order valence-corrected chi connectivity index (χ3v) is 5.09. The molecule has 0 aromatic heterocycles. The van der Waals surface area contributed by atoms with Gasteiger partial charge in [-0.3, -0.25) is 0 Å². The van der Waals surface area contributed by atoms with Crippen molar-refractivity contribution >= 4 is 32.5 Å². The Balaban J connectivity index is 1.89. The second kappa shape index (κ2) is 14.1. The molecule has 0 heterocycles. The van der Waals surface area contributed by atoms with E-state index in [1.54, 1.807) is 0 Å². The Morgan fingerprint density at radius 3 is 2.30 bits per heavy atom. The molecule has 8 nitrogen and oxygen atoms in total. The average Bonchev–Trinajstić information content (AvgIpc) is 2.80. The predicted molar refractivity (Wildman–Crippen MR) is 128 cm³/mol. The number of ether oxygens (including phenoxy) is 1. The standard InChI is InChI=1S/C22H28BFN5O3P/c23-33(24)29-22(26)27-13-7-12-18(25)20(30)28-19(14-16-8-3-1-4-9-16)21(31)32-15-17-10-5-2-6-11-17/h1-6,8-11,18-19H,7,12-15,25H2,(H,28,30)(H3,26,27,29)/t18-,19+/m1/s1. The van der Waals surface area contributed by atoms with Crippen LogP contribution in [0.2, 0.25) is 0 Å². The van der Waals surface area contributed by atoms with Gasteiger partial charge in [0.1, 0.15) is 6.61 Å². The minimum Gasteiger partial charge on any atom is -0.459 e. The molecule has 0 aliphatic carbocycles. The van der Waals surface area contributed by atoms with Gasteiger partial charge in [-0.15, -0.1) is 0 Å². The molecule has 0 saturated heterocycles. The van der Waals surface area contributed by atoms with Gasteiger partial charge >= 0.3 is 106 Å². The number of guanidine groups is 1. The van der Waals surface area contributed by atoms with Gasteiger partial charge in [-0.05, 0) is 11.1 Å². The molecule has 11 heteroatoms. The number of halogens is 1. The van der Waals surface area contributed by atoms with Gasteiger partial charge in [-0.1, -0.05) is 60.7 Å². The second-order valence-corrected chi connectivity index (χ2v) is 8.16. The van der Waals surface area contributed by atoms with Crippen LogP contribution in [0, 0.1) is 5.41 Å². The topological polar surface area (TPSA) is 129 Å². The van der Waals surface area contributed by atoms with Crippen LogP contribution in [0.4, 0.5) is 4.20 Å². The first-order valence-corrected chi connectivity index (χ1v) is 11.8. The molecule has 0 aliphatic heterocycles. The molecule has 0 aliphatic rings. The van der Waals surface area contributed by atoms with Crippen LogP contribution in [0.5, 0.6) is 0 Å². The molecule has 33 heavy (non-hydrogen) atoms. The molecule has 1 unspecified atom stereocenters. The number of benzene rings is 2. The third kappa shape index (κ3) is 10.4. The van der Waals surface area contributed by atoms with Crippen molar-refractivity contribution in [2.45, 2.75) is 38.0 Å². The van der Waals surface area contributed by atoms with E-state index in [0.29, 0.717) is 19.4 Å². The smallest absolute Gasteiger partial charge is 0.459 e. The van der Waals surface area contributed by atoms with E-state index in [1.165, 1.54) is 0 Å². The minimum absolute atomic E-state index is 0.0996. The SMILES string of the molecule is B#P(F)NC(=N)NCCC[C@@H](N)C(=O)N[C@@H](Cc1ccccc1)C(=O)OCc1ccccc1. The average molecular weight is 471 g/mol. The molecule has 0 fully saturated rings. The molecule has 2 rings (SSSR count). The van der Waals surface area contributed by atoms with Crippen molar-refractivity contribution in [1.82, 2.24) is 15.7 Å². The van der Waals surface area contributed by atoms with Gasteiger partial charge in [-0.25, -0.2) is 4.79 Å². The molecular formula is C22H28BFN5O3P. The van der Waals surface area contributed by atoms with Crippen molar-refractivity contribution in [3.05, 3.63) is 71.8 Å². The van der Waals surface area contributed by atoms with E-state index in [1.807, 2.05) is 60.7 Å². The summed E-state index contributed by atoms with van der Waals surface area (Å²) < 4.78 is 18.1. The summed E-state index contributed by atoms with van der Waals surface area (Å²) in [5.74, 6) is -1.25. The number of carbonyl (C=O) groups excluding carboxylic acids is 2. The van der Waals surface area contributed by atoms with Gasteiger partial charge < -0.3 is 4.74 Å². The van der Waals surface area contributed by atoms with E-state index in [0.717, 1.165) is 11.1 Å². The van der Waals surface area contributed by atoms with E-state index in [9.17, 15) is 13.8 Å². The van der Waals surface area contributed by atoms with Crippen LogP contribution in [-0.2, 0) is 27.4 Å². The molecule has 0 saturated carbocycles. The maximum absolute atomic E-state index is 12.7. The summed E-state index contributed by atoms with van der Waals surface area (Å²) in [7, 11) is 2.55. The third-order valence-electron chi connectivity index (χ3n) is 4.66. The van der Waals surface area contributed by atoms with Gasteiger partial charge in [0, 0.05) is 0 Å². The van der Waals surface area contributed by atoms with Crippen molar-refractivity contribution in [3.63, 3.8) is 0 Å². The zero-order valence-electron chi connectivity index (χ0n) is 18.2. The Bertz CT molecular complexity index is 988. The van der Waals surface area contributed by atoms with Crippen LogP contribution in [0.1, 0.15) is 24.0 Å². The zero-order valence-corrected chi connectivity index (χ0v) is 19.1. The van der Waals surface area contributed by atoms with Crippen molar-refractivity contribution in [3.8, 4) is 0 Å². The van der Waals surface area contributed by atoms with Crippen molar-refractivity contribution < 1.29 is 18.5 Å². The Morgan fingerprint density at radius 2 is 1.70 bits per heavy atom. The van der Waals surface area contributed by atoms with Gasteiger partial charge in [0.25, 0.3) is 0 Å². The van der Waals surface area contributed by atoms with Crippen LogP contribution in [-0.4, -0.2) is 43.5 Å². The number of nitrogens with two attached hydrogens (primary N) is 1. The van der Waals surface area contributed by atoms with E-state index >= 15 is 0 Å². The Kier molecular flexibility index (Phi) is 11.2. The minimum atomic E-state index is -2.41. The fraction of sp³-hybridized carbons (Fsp3) is 0.318. The molecular weight excluding hydrogens is 443 g/mol. The number of carbonyl (C=O) groups is 2. The number of nitrogens with one attached hydrogen (secondary N) is 4. The fourth-order valence-corrected chi connectivity index (χ4v) is 3.26. The van der Waals surface area contributed by atoms with E-state index in [2.05, 4.69) is 15.7 Å². The molecule has 174 valence electrons. The molecule has 0 bridgehead atoms. The zero-order chi connectivity index (χ0) is 24.1. The summed E-state index contributed by atoms with van der Waals surface area (Å²) >= 11 is 0. The monoisotopic (exact) mass is 471 g/mol. The van der Waals surface area contributed by atoms with Crippen LogP contribution in [0.3, 0.4) is 0 Å². The molecule has 0 radical (unpaired) electrons. The van der Waals surface area contributed by atoms with Crippen molar-refractivity contribution in [2.24, 2.45) is 5.73 Å². The molecule has 2 aromatic carbocycles. The fourth-order valence-electron chi connectivity index (χ4n) is 2.96. The van der Waals surface area contributed by atoms with Gasteiger partial charge in [0.05, 0.1) is 0 Å². The number of amides is 1. The molecule has 1 amide bonds. The van der Waals surface area contributed by atoms with E-state index in [-0.39, 0.29) is 19.0 Å². The predicted octanol–water partition coefficient (Wildman–Crippen LogP) is 2.04. The van der Waals surface area contributed by atoms with E-state index in [4.69, 9.17) is 22.9 Å². The number of hydrogen-bond donors (Lipinski definition) is 5. The summed E-state index contributed by atoms with van der Waals surface area (Å²) in [5.41, 5.74) is 7.70. The molecule has 3 atom stereocenters. The summed E-state index contributed by atoms with van der Waals surface area (Å²) in [6.07, 6.45) is 1.02. The van der Waals surface area contributed by atoms with Crippen molar-refractivity contribution in [1.29, 1.82) is 5.41 Å². The Hall–Kier alpha value is -3.10. The van der Waals surface area contributed by atoms with Crippen LogP contribution >= 0.6 is 7.70 Å². The molecule has 6 N–H and O–H groups in total. The summed E-state index contributed by atoms with van der Waals surface area (Å²) in [4.78, 5) is 25.4. The van der Waals surface area contributed by atoms with E-state index < -0.39 is 31.7 Å². The first-order valence-electron chi connectivity index (χ1n) is 10.4. The quantitative estimate of drug-likeness (QED) is 0.0852. The Morgan fingerprint density at radius 1 is 1.09 bits per heavy atom. The molecule has 0 spiro atoms. The van der Waals surface area contributed by atoms with Crippen molar-refractivity contribution in [2.75, 3.05) is 6.54 Å². The first-order chi connectivity index (χ1) is 15.8. The number of esters is 1. The van der Waals surface area contributed by atoms with Crippen LogP contribution in [0.25, 0.3) is 0 Å². The summed E-state index contributed by atoms with van der Waals surface area (Å²) in [5, 5.41) is 14.9. The number of hydrogen-bond acceptors (Lipinski definition) is 5. The van der Waals surface area contributed by atoms with Gasteiger partial charge in [0.15, 0.2) is 0 Å². The first kappa shape index (κ1) is 26.2. The maximum atomic E-state index is 12.7. The normalized spacial score (nSPS) is 12.8. The Labute approximate surface area is 194 Å². The summed E-state index contributed by atoms with van der Waals surface area (Å²) in [6.45, 7) is 0.408. The summed E-state index contributed by atoms with van der Waals surface area (Å²) in [6, 6.07) is 16.8. The molecule has 2 aromatic rings. The second-order valence-electron chi connectivity index (χ2n) is 7.32. The van der Waals surface area contributed by atoms with Crippen LogP contribution < -0.4 is 21.5 Å². The van der Waals surface area contributed by atoms with Gasteiger partial charge in [-0.2, -0.15) is 0 Å².